The molecule has 37 heavy (non-hydrogen) atoms. The number of fused-ring (bicyclic) bond motifs is 1. The standard InChI is InChI=1S/C29H35N7O/c1-19-3-2-4-26(34-19)28-27(32-18-33-28)21-5-6-25-22(15-21)16-24(17-31-25)36-13-9-23(10-14-36)35-29(37)20-7-11-30-12-8-20/h2-6,15-18,20,23,29-30,35,37H,7-14H2,1H3,(H,32,33). The number of aryl methyl sites for hydroxylation is 1. The first kappa shape index (κ1) is 24.0. The lowest BCUT2D eigenvalue weighted by Gasteiger charge is -2.37. The number of aromatic amines is 1. The Morgan fingerprint density at radius 3 is 2.68 bits per heavy atom. The minimum Gasteiger partial charge on any atom is -0.378 e. The Balaban J connectivity index is 1.16. The maximum Gasteiger partial charge on any atom is 0.108 e. The third kappa shape index (κ3) is 5.23. The third-order valence-corrected chi connectivity index (χ3v) is 7.82. The first-order chi connectivity index (χ1) is 18.1. The largest absolute Gasteiger partial charge is 0.378 e. The van der Waals surface area contributed by atoms with E-state index in [2.05, 4.69) is 54.8 Å². The van der Waals surface area contributed by atoms with Crippen LogP contribution < -0.4 is 15.5 Å². The van der Waals surface area contributed by atoms with Crippen LogP contribution in [0.5, 0.6) is 0 Å². The maximum absolute atomic E-state index is 10.7. The van der Waals surface area contributed by atoms with Crippen molar-refractivity contribution in [1.29, 1.82) is 0 Å². The van der Waals surface area contributed by atoms with Gasteiger partial charge >= 0.3 is 0 Å². The number of hydrogen-bond donors (Lipinski definition) is 4. The Morgan fingerprint density at radius 2 is 1.86 bits per heavy atom. The highest BCUT2D eigenvalue weighted by Gasteiger charge is 2.26. The number of aliphatic hydroxyl groups excluding tert-OH is 1. The fourth-order valence-electron chi connectivity index (χ4n) is 5.67. The first-order valence-electron chi connectivity index (χ1n) is 13.4. The van der Waals surface area contributed by atoms with Gasteiger partial charge in [0.2, 0.25) is 0 Å². The van der Waals surface area contributed by atoms with Gasteiger partial charge in [-0.1, -0.05) is 12.1 Å². The van der Waals surface area contributed by atoms with Crippen LogP contribution in [-0.4, -0.2) is 63.5 Å². The zero-order valence-corrected chi connectivity index (χ0v) is 21.3. The Bertz CT molecular complexity index is 1360. The van der Waals surface area contributed by atoms with Gasteiger partial charge in [-0.25, -0.2) is 4.98 Å². The first-order valence-corrected chi connectivity index (χ1v) is 13.4. The highest BCUT2D eigenvalue weighted by atomic mass is 16.3. The topological polar surface area (TPSA) is 102 Å². The second kappa shape index (κ2) is 10.6. The van der Waals surface area contributed by atoms with Crippen LogP contribution in [-0.2, 0) is 0 Å². The van der Waals surface area contributed by atoms with Gasteiger partial charge in [0.15, 0.2) is 0 Å². The molecule has 192 valence electrons. The normalized spacial score (nSPS) is 18.4. The Labute approximate surface area is 217 Å². The van der Waals surface area contributed by atoms with Gasteiger partial charge in [-0.3, -0.25) is 15.3 Å². The average Bonchev–Trinajstić information content (AvgIpc) is 3.44. The van der Waals surface area contributed by atoms with Crippen LogP contribution in [0.3, 0.4) is 0 Å². The molecule has 8 nitrogen and oxygen atoms in total. The van der Waals surface area contributed by atoms with E-state index in [1.165, 1.54) is 0 Å². The summed E-state index contributed by atoms with van der Waals surface area (Å²) in [5.74, 6) is 0.356. The summed E-state index contributed by atoms with van der Waals surface area (Å²) in [5.41, 5.74) is 6.84. The predicted octanol–water partition coefficient (Wildman–Crippen LogP) is 3.87. The number of piperidine rings is 2. The van der Waals surface area contributed by atoms with Crippen LogP contribution in [0.15, 0.2) is 55.0 Å². The molecule has 2 saturated heterocycles. The predicted molar refractivity (Wildman–Crippen MR) is 147 cm³/mol. The Hall–Kier alpha value is -3.33. The molecule has 2 fully saturated rings. The molecule has 0 saturated carbocycles. The monoisotopic (exact) mass is 497 g/mol. The molecule has 2 aliphatic rings. The molecule has 0 aliphatic carbocycles. The molecule has 0 radical (unpaired) electrons. The fraction of sp³-hybridized carbons (Fsp3) is 0.414. The summed E-state index contributed by atoms with van der Waals surface area (Å²) in [6.07, 6.45) is 7.42. The quantitative estimate of drug-likeness (QED) is 0.300. The zero-order valence-electron chi connectivity index (χ0n) is 21.3. The highest BCUT2D eigenvalue weighted by molar-refractivity contribution is 5.88. The van der Waals surface area contributed by atoms with Gasteiger partial charge in [0.05, 0.1) is 40.8 Å². The van der Waals surface area contributed by atoms with Gasteiger partial charge in [-0.2, -0.15) is 0 Å². The number of imidazole rings is 1. The number of rotatable bonds is 6. The lowest BCUT2D eigenvalue weighted by molar-refractivity contribution is 0.0447. The second-order valence-corrected chi connectivity index (χ2v) is 10.4. The minimum atomic E-state index is -0.402. The zero-order chi connectivity index (χ0) is 25.2. The van der Waals surface area contributed by atoms with E-state index in [1.54, 1.807) is 6.33 Å². The third-order valence-electron chi connectivity index (χ3n) is 7.82. The van der Waals surface area contributed by atoms with E-state index < -0.39 is 6.23 Å². The molecule has 8 heteroatoms. The van der Waals surface area contributed by atoms with Crippen molar-refractivity contribution in [2.75, 3.05) is 31.1 Å². The number of hydrogen-bond acceptors (Lipinski definition) is 7. The van der Waals surface area contributed by atoms with Crippen LogP contribution in [0, 0.1) is 12.8 Å². The van der Waals surface area contributed by atoms with E-state index in [4.69, 9.17) is 4.98 Å². The van der Waals surface area contributed by atoms with E-state index in [-0.39, 0.29) is 0 Å². The molecule has 0 amide bonds. The summed E-state index contributed by atoms with van der Waals surface area (Å²) in [5, 5.41) is 18.6. The van der Waals surface area contributed by atoms with E-state index in [0.717, 1.165) is 96.8 Å². The Morgan fingerprint density at radius 1 is 1.03 bits per heavy atom. The maximum atomic E-state index is 10.7. The number of pyridine rings is 2. The molecule has 0 bridgehead atoms. The Kier molecular flexibility index (Phi) is 6.87. The summed E-state index contributed by atoms with van der Waals surface area (Å²) < 4.78 is 0. The van der Waals surface area contributed by atoms with E-state index in [1.807, 2.05) is 31.3 Å². The van der Waals surface area contributed by atoms with Gasteiger partial charge in [-0.15, -0.1) is 0 Å². The van der Waals surface area contributed by atoms with Crippen molar-refractivity contribution in [2.24, 2.45) is 5.92 Å². The summed E-state index contributed by atoms with van der Waals surface area (Å²) in [6.45, 7) is 5.90. The van der Waals surface area contributed by atoms with Crippen molar-refractivity contribution >= 4 is 16.6 Å². The summed E-state index contributed by atoms with van der Waals surface area (Å²) in [6, 6.07) is 14.9. The highest BCUT2D eigenvalue weighted by Crippen LogP contribution is 2.31. The molecule has 1 atom stereocenters. The SMILES string of the molecule is Cc1cccc(-c2[nH]cnc2-c2ccc3ncc(N4CCC(NC(O)C5CCNCC5)CC4)cc3c2)n1. The van der Waals surface area contributed by atoms with Crippen molar-refractivity contribution in [3.8, 4) is 22.6 Å². The van der Waals surface area contributed by atoms with E-state index in [9.17, 15) is 5.11 Å². The number of nitrogens with one attached hydrogen (secondary N) is 3. The molecule has 0 spiro atoms. The van der Waals surface area contributed by atoms with E-state index >= 15 is 0 Å². The molecular weight excluding hydrogens is 462 g/mol. The molecule has 3 aromatic heterocycles. The molecule has 1 unspecified atom stereocenters. The van der Waals surface area contributed by atoms with Crippen molar-refractivity contribution in [3.05, 3.63) is 60.7 Å². The number of anilines is 1. The van der Waals surface area contributed by atoms with Crippen LogP contribution in [0.4, 0.5) is 5.69 Å². The van der Waals surface area contributed by atoms with Gasteiger partial charge in [0, 0.05) is 41.7 Å². The number of aliphatic hydroxyl groups is 1. The second-order valence-electron chi connectivity index (χ2n) is 10.4. The molecule has 4 aromatic rings. The smallest absolute Gasteiger partial charge is 0.108 e. The summed E-state index contributed by atoms with van der Waals surface area (Å²) >= 11 is 0. The van der Waals surface area contributed by atoms with Crippen LogP contribution in [0.25, 0.3) is 33.5 Å². The van der Waals surface area contributed by atoms with Gasteiger partial charge in [-0.05, 0) is 76.0 Å². The number of H-pyrrole nitrogens is 1. The van der Waals surface area contributed by atoms with Crippen LogP contribution in [0.2, 0.25) is 0 Å². The fourth-order valence-corrected chi connectivity index (χ4v) is 5.67. The van der Waals surface area contributed by atoms with E-state index in [0.29, 0.717) is 12.0 Å². The molecule has 6 rings (SSSR count). The van der Waals surface area contributed by atoms with Crippen molar-refractivity contribution in [3.63, 3.8) is 0 Å². The van der Waals surface area contributed by atoms with Crippen molar-refractivity contribution in [1.82, 2.24) is 30.6 Å². The lowest BCUT2D eigenvalue weighted by Crippen LogP contribution is -2.50. The molecule has 5 heterocycles. The van der Waals surface area contributed by atoms with Gasteiger partial charge in [0.1, 0.15) is 6.23 Å². The van der Waals surface area contributed by atoms with Crippen LogP contribution >= 0.6 is 0 Å². The summed E-state index contributed by atoms with van der Waals surface area (Å²) in [4.78, 5) is 19.7. The minimum absolute atomic E-state index is 0.356. The summed E-state index contributed by atoms with van der Waals surface area (Å²) in [7, 11) is 0. The van der Waals surface area contributed by atoms with Crippen molar-refractivity contribution < 1.29 is 5.11 Å². The molecule has 4 N–H and O–H groups in total. The van der Waals surface area contributed by atoms with Crippen molar-refractivity contribution in [2.45, 2.75) is 44.9 Å². The van der Waals surface area contributed by atoms with Gasteiger partial charge < -0.3 is 20.3 Å². The number of benzene rings is 1. The molecule has 2 aliphatic heterocycles. The average molecular weight is 498 g/mol. The lowest BCUT2D eigenvalue weighted by atomic mass is 9.95. The molecular formula is C29H35N7O. The van der Waals surface area contributed by atoms with Gasteiger partial charge in [0.25, 0.3) is 0 Å². The molecule has 1 aromatic carbocycles. The number of nitrogens with zero attached hydrogens (tertiary/aromatic N) is 4. The van der Waals surface area contributed by atoms with Crippen LogP contribution in [0.1, 0.15) is 31.4 Å². The number of aromatic nitrogens is 4.